The lowest BCUT2D eigenvalue weighted by atomic mass is 10.2. The molecule has 0 bridgehead atoms. The van der Waals surface area contributed by atoms with Crippen LogP contribution in [-0.4, -0.2) is 37.8 Å². The normalized spacial score (nSPS) is 11.6. The van der Waals surface area contributed by atoms with Gasteiger partial charge in [-0.05, 0) is 30.0 Å². The van der Waals surface area contributed by atoms with Gasteiger partial charge in [-0.3, -0.25) is 10.1 Å². The Balaban J connectivity index is 1.96. The second-order valence-electron chi connectivity index (χ2n) is 4.94. The van der Waals surface area contributed by atoms with Crippen molar-refractivity contribution in [2.75, 3.05) is 25.5 Å². The minimum Gasteiger partial charge on any atom is -0.383 e. The summed E-state index contributed by atoms with van der Waals surface area (Å²) in [7, 11) is -1.93. The molecule has 0 aliphatic carbocycles. The van der Waals surface area contributed by atoms with Crippen LogP contribution < -0.4 is 5.32 Å². The Hall–Kier alpha value is -1.97. The summed E-state index contributed by atoms with van der Waals surface area (Å²) in [5.74, 6) is 0. The predicted molar refractivity (Wildman–Crippen MR) is 90.5 cm³/mol. The van der Waals surface area contributed by atoms with Crippen LogP contribution in [0.15, 0.2) is 39.9 Å². The van der Waals surface area contributed by atoms with Crippen LogP contribution in [0.3, 0.4) is 0 Å². The van der Waals surface area contributed by atoms with Crippen LogP contribution in [0.25, 0.3) is 0 Å². The fourth-order valence-corrected chi connectivity index (χ4v) is 4.36. The van der Waals surface area contributed by atoms with Gasteiger partial charge in [0.05, 0.1) is 4.92 Å². The van der Waals surface area contributed by atoms with Crippen molar-refractivity contribution in [2.24, 2.45) is 0 Å². The predicted octanol–water partition coefficient (Wildman–Crippen LogP) is 2.70. The molecule has 0 saturated heterocycles. The molecule has 124 valence electrons. The van der Waals surface area contributed by atoms with Crippen molar-refractivity contribution < 1.29 is 13.3 Å². The number of thiophene rings is 1. The van der Waals surface area contributed by atoms with Crippen LogP contribution >= 0.6 is 11.3 Å². The molecule has 9 heteroatoms. The third-order valence-corrected chi connectivity index (χ3v) is 6.55. The number of likely N-dealkylation sites (N-methyl/N-ethyl adjacent to an activating group) is 1. The summed E-state index contributed by atoms with van der Waals surface area (Å²) in [6.07, 6.45) is 0. The third kappa shape index (κ3) is 4.06. The van der Waals surface area contributed by atoms with Gasteiger partial charge >= 0.3 is 0 Å². The van der Waals surface area contributed by atoms with E-state index in [1.54, 1.807) is 30.5 Å². The summed E-state index contributed by atoms with van der Waals surface area (Å²) < 4.78 is 26.1. The van der Waals surface area contributed by atoms with Crippen molar-refractivity contribution in [3.63, 3.8) is 0 Å². The quantitative estimate of drug-likeness (QED) is 0.609. The molecule has 0 amide bonds. The second kappa shape index (κ2) is 7.07. The monoisotopic (exact) mass is 355 g/mol. The molecule has 0 spiro atoms. The number of aryl methyl sites for hydroxylation is 1. The number of benzene rings is 1. The minimum atomic E-state index is -3.46. The lowest BCUT2D eigenvalue weighted by Gasteiger charge is -2.17. The maximum atomic E-state index is 12.3. The summed E-state index contributed by atoms with van der Waals surface area (Å²) in [6, 6.07) is 7.80. The highest BCUT2D eigenvalue weighted by molar-refractivity contribution is 7.91. The first-order valence-electron chi connectivity index (χ1n) is 6.81. The molecular weight excluding hydrogens is 338 g/mol. The van der Waals surface area contributed by atoms with E-state index < -0.39 is 14.9 Å². The Bertz CT molecular complexity index is 788. The molecule has 1 aromatic carbocycles. The molecule has 0 aliphatic heterocycles. The van der Waals surface area contributed by atoms with E-state index in [0.717, 1.165) is 11.3 Å². The van der Waals surface area contributed by atoms with E-state index in [0.29, 0.717) is 10.8 Å². The van der Waals surface area contributed by atoms with Gasteiger partial charge in [-0.25, -0.2) is 8.42 Å². The summed E-state index contributed by atoms with van der Waals surface area (Å²) in [4.78, 5) is 10.3. The molecule has 1 N–H and O–H groups in total. The Morgan fingerprint density at radius 2 is 2.09 bits per heavy atom. The van der Waals surface area contributed by atoms with E-state index in [2.05, 4.69) is 5.32 Å². The molecule has 23 heavy (non-hydrogen) atoms. The molecular formula is C14H17N3O4S2. The number of nitrogens with one attached hydrogen (secondary N) is 1. The van der Waals surface area contributed by atoms with Crippen LogP contribution in [-0.2, 0) is 10.0 Å². The fraction of sp³-hybridized carbons (Fsp3) is 0.286. The smallest absolute Gasteiger partial charge is 0.269 e. The Kier molecular flexibility index (Phi) is 5.34. The van der Waals surface area contributed by atoms with Crippen LogP contribution in [0.4, 0.5) is 11.4 Å². The summed E-state index contributed by atoms with van der Waals surface area (Å²) >= 11 is 1.18. The van der Waals surface area contributed by atoms with Gasteiger partial charge in [0.15, 0.2) is 0 Å². The molecule has 0 radical (unpaired) electrons. The van der Waals surface area contributed by atoms with Gasteiger partial charge in [0.2, 0.25) is 0 Å². The van der Waals surface area contributed by atoms with Crippen molar-refractivity contribution in [3.05, 3.63) is 51.4 Å². The van der Waals surface area contributed by atoms with Crippen molar-refractivity contribution in [2.45, 2.75) is 11.1 Å². The van der Waals surface area contributed by atoms with Crippen molar-refractivity contribution in [1.29, 1.82) is 0 Å². The summed E-state index contributed by atoms with van der Waals surface area (Å²) in [6.45, 7) is 2.46. The van der Waals surface area contributed by atoms with Crippen molar-refractivity contribution in [3.8, 4) is 0 Å². The first kappa shape index (κ1) is 17.4. The summed E-state index contributed by atoms with van der Waals surface area (Å²) in [5.41, 5.74) is 1.52. The zero-order chi connectivity index (χ0) is 17.0. The first-order chi connectivity index (χ1) is 10.8. The number of nitrogens with zero attached hydrogens (tertiary/aromatic N) is 2. The number of nitro benzene ring substituents is 1. The molecule has 7 nitrogen and oxygen atoms in total. The number of nitro groups is 1. The Morgan fingerprint density at radius 3 is 2.65 bits per heavy atom. The fourth-order valence-electron chi connectivity index (χ4n) is 1.99. The topological polar surface area (TPSA) is 92.6 Å². The molecule has 0 atom stereocenters. The minimum absolute atomic E-state index is 0.0328. The maximum absolute atomic E-state index is 12.3. The number of sulfonamides is 1. The van der Waals surface area contributed by atoms with Crippen LogP contribution in [0.2, 0.25) is 0 Å². The average Bonchev–Trinajstić information content (AvgIpc) is 3.03. The van der Waals surface area contributed by atoms with E-state index in [1.807, 2.05) is 0 Å². The SMILES string of the molecule is Cc1cc([N+](=O)[O-])ccc1NCCN(C)S(=O)(=O)c1cccs1. The maximum Gasteiger partial charge on any atom is 0.269 e. The molecule has 1 heterocycles. The highest BCUT2D eigenvalue weighted by Gasteiger charge is 2.21. The van der Waals surface area contributed by atoms with E-state index >= 15 is 0 Å². The van der Waals surface area contributed by atoms with Gasteiger partial charge in [-0.1, -0.05) is 6.07 Å². The Labute approximate surface area is 138 Å². The summed E-state index contributed by atoms with van der Waals surface area (Å²) in [5, 5.41) is 15.5. The van der Waals surface area contributed by atoms with Crippen molar-refractivity contribution >= 4 is 32.7 Å². The van der Waals surface area contributed by atoms with E-state index in [4.69, 9.17) is 0 Å². The van der Waals surface area contributed by atoms with Gasteiger partial charge in [0, 0.05) is 38.0 Å². The third-order valence-electron chi connectivity index (χ3n) is 3.32. The molecule has 0 unspecified atom stereocenters. The number of hydrogen-bond donors (Lipinski definition) is 1. The van der Waals surface area contributed by atoms with E-state index in [-0.39, 0.29) is 12.2 Å². The van der Waals surface area contributed by atoms with Gasteiger partial charge < -0.3 is 5.32 Å². The lowest BCUT2D eigenvalue weighted by molar-refractivity contribution is -0.384. The molecule has 2 rings (SSSR count). The van der Waals surface area contributed by atoms with Gasteiger partial charge in [0.1, 0.15) is 4.21 Å². The van der Waals surface area contributed by atoms with Crippen LogP contribution in [0.5, 0.6) is 0 Å². The zero-order valence-electron chi connectivity index (χ0n) is 12.7. The highest BCUT2D eigenvalue weighted by Crippen LogP contribution is 2.22. The molecule has 0 fully saturated rings. The number of non-ortho nitro benzene ring substituents is 1. The van der Waals surface area contributed by atoms with E-state index in [1.165, 1.54) is 34.8 Å². The highest BCUT2D eigenvalue weighted by atomic mass is 32.2. The first-order valence-corrected chi connectivity index (χ1v) is 9.13. The molecule has 2 aromatic rings. The largest absolute Gasteiger partial charge is 0.383 e. The van der Waals surface area contributed by atoms with Gasteiger partial charge in [-0.15, -0.1) is 11.3 Å². The standard InChI is InChI=1S/C14H17N3O4S2/c1-11-10-12(17(18)19)5-6-13(11)15-7-8-16(2)23(20,21)14-4-3-9-22-14/h3-6,9-10,15H,7-8H2,1-2H3. The zero-order valence-corrected chi connectivity index (χ0v) is 14.4. The molecule has 0 aliphatic rings. The molecule has 0 saturated carbocycles. The second-order valence-corrected chi connectivity index (χ2v) is 8.16. The Morgan fingerprint density at radius 1 is 1.35 bits per heavy atom. The number of anilines is 1. The lowest BCUT2D eigenvalue weighted by Crippen LogP contribution is -2.31. The van der Waals surface area contributed by atoms with Crippen LogP contribution in [0, 0.1) is 17.0 Å². The number of rotatable bonds is 7. The van der Waals surface area contributed by atoms with Gasteiger partial charge in [0.25, 0.3) is 15.7 Å². The van der Waals surface area contributed by atoms with Crippen molar-refractivity contribution in [1.82, 2.24) is 4.31 Å². The van der Waals surface area contributed by atoms with Gasteiger partial charge in [-0.2, -0.15) is 4.31 Å². The molecule has 1 aromatic heterocycles. The van der Waals surface area contributed by atoms with E-state index in [9.17, 15) is 18.5 Å². The number of hydrogen-bond acceptors (Lipinski definition) is 6. The average molecular weight is 355 g/mol. The van der Waals surface area contributed by atoms with Crippen LogP contribution in [0.1, 0.15) is 5.56 Å².